The van der Waals surface area contributed by atoms with Crippen molar-refractivity contribution in [2.75, 3.05) is 10.5 Å². The SMILES string of the molecule is Cc1cc(S(=O)(=O)Nc2ccc(Cl)c(N)c2)ccc1F. The zero-order valence-electron chi connectivity index (χ0n) is 10.5. The molecule has 7 heteroatoms. The highest BCUT2D eigenvalue weighted by Gasteiger charge is 2.15. The molecule has 0 aliphatic carbocycles. The van der Waals surface area contributed by atoms with Crippen LogP contribution in [-0.2, 0) is 10.0 Å². The largest absolute Gasteiger partial charge is 0.397 e. The molecule has 0 amide bonds. The lowest BCUT2D eigenvalue weighted by Crippen LogP contribution is -2.13. The van der Waals surface area contributed by atoms with E-state index >= 15 is 0 Å². The number of anilines is 2. The highest BCUT2D eigenvalue weighted by Crippen LogP contribution is 2.24. The molecule has 0 aliphatic heterocycles. The Morgan fingerprint density at radius 1 is 1.20 bits per heavy atom. The number of hydrogen-bond acceptors (Lipinski definition) is 3. The van der Waals surface area contributed by atoms with Gasteiger partial charge in [-0.3, -0.25) is 4.72 Å². The molecule has 4 nitrogen and oxygen atoms in total. The van der Waals surface area contributed by atoms with E-state index in [-0.39, 0.29) is 21.8 Å². The third kappa shape index (κ3) is 3.02. The van der Waals surface area contributed by atoms with Crippen LogP contribution in [0.3, 0.4) is 0 Å². The van der Waals surface area contributed by atoms with Gasteiger partial charge in [-0.25, -0.2) is 12.8 Å². The van der Waals surface area contributed by atoms with Gasteiger partial charge in [0, 0.05) is 0 Å². The fraction of sp³-hybridized carbons (Fsp3) is 0.0769. The van der Waals surface area contributed by atoms with Gasteiger partial charge in [-0.05, 0) is 48.9 Å². The van der Waals surface area contributed by atoms with Crippen LogP contribution in [0.2, 0.25) is 5.02 Å². The van der Waals surface area contributed by atoms with Gasteiger partial charge in [0.1, 0.15) is 5.82 Å². The van der Waals surface area contributed by atoms with E-state index in [0.717, 1.165) is 6.07 Å². The summed E-state index contributed by atoms with van der Waals surface area (Å²) in [6.07, 6.45) is 0. The number of aryl methyl sites for hydroxylation is 1. The van der Waals surface area contributed by atoms with Crippen LogP contribution >= 0.6 is 11.6 Å². The molecule has 20 heavy (non-hydrogen) atoms. The van der Waals surface area contributed by atoms with Gasteiger partial charge in [0.25, 0.3) is 10.0 Å². The maximum atomic E-state index is 13.2. The Labute approximate surface area is 121 Å². The van der Waals surface area contributed by atoms with E-state index in [9.17, 15) is 12.8 Å². The first-order valence-corrected chi connectivity index (χ1v) is 7.50. The molecule has 2 rings (SSSR count). The third-order valence-corrected chi connectivity index (χ3v) is 4.41. The number of halogens is 2. The predicted molar refractivity (Wildman–Crippen MR) is 77.8 cm³/mol. The Hall–Kier alpha value is -1.79. The van der Waals surface area contributed by atoms with Gasteiger partial charge in [-0.15, -0.1) is 0 Å². The van der Waals surface area contributed by atoms with E-state index in [1.807, 2.05) is 0 Å². The van der Waals surface area contributed by atoms with Gasteiger partial charge in [-0.2, -0.15) is 0 Å². The molecular formula is C13H12ClFN2O2S. The molecule has 0 saturated heterocycles. The number of sulfonamides is 1. The first-order chi connectivity index (χ1) is 9.29. The summed E-state index contributed by atoms with van der Waals surface area (Å²) in [4.78, 5) is -0.0232. The van der Waals surface area contributed by atoms with Crippen LogP contribution in [0.25, 0.3) is 0 Å². The van der Waals surface area contributed by atoms with Gasteiger partial charge in [0.2, 0.25) is 0 Å². The monoisotopic (exact) mass is 314 g/mol. The average molecular weight is 315 g/mol. The summed E-state index contributed by atoms with van der Waals surface area (Å²) in [6, 6.07) is 7.97. The Morgan fingerprint density at radius 3 is 2.50 bits per heavy atom. The average Bonchev–Trinajstić information content (AvgIpc) is 2.37. The summed E-state index contributed by atoms with van der Waals surface area (Å²) in [5, 5.41) is 0.338. The summed E-state index contributed by atoms with van der Waals surface area (Å²) >= 11 is 5.76. The highest BCUT2D eigenvalue weighted by molar-refractivity contribution is 7.92. The molecule has 3 N–H and O–H groups in total. The van der Waals surface area contributed by atoms with Crippen molar-refractivity contribution in [3.8, 4) is 0 Å². The van der Waals surface area contributed by atoms with Crippen LogP contribution in [-0.4, -0.2) is 8.42 Å². The van der Waals surface area contributed by atoms with E-state index in [2.05, 4.69) is 4.72 Å². The number of hydrogen-bond donors (Lipinski definition) is 2. The number of rotatable bonds is 3. The molecule has 0 saturated carbocycles. The zero-order valence-corrected chi connectivity index (χ0v) is 12.1. The Bertz CT molecular complexity index is 763. The standard InChI is InChI=1S/C13H12ClFN2O2S/c1-8-6-10(3-5-12(8)15)20(18,19)17-9-2-4-11(14)13(16)7-9/h2-7,17H,16H2,1H3. The normalized spacial score (nSPS) is 11.3. The summed E-state index contributed by atoms with van der Waals surface area (Å²) < 4.78 is 39.8. The molecular weight excluding hydrogens is 303 g/mol. The van der Waals surface area contributed by atoms with Crippen molar-refractivity contribution in [1.29, 1.82) is 0 Å². The quantitative estimate of drug-likeness (QED) is 0.855. The summed E-state index contributed by atoms with van der Waals surface area (Å²) in [5.74, 6) is -0.459. The van der Waals surface area contributed by atoms with Crippen LogP contribution < -0.4 is 10.5 Å². The van der Waals surface area contributed by atoms with Crippen LogP contribution in [0.5, 0.6) is 0 Å². The molecule has 2 aromatic rings. The van der Waals surface area contributed by atoms with E-state index in [1.54, 1.807) is 0 Å². The van der Waals surface area contributed by atoms with Crippen molar-refractivity contribution < 1.29 is 12.8 Å². The fourth-order valence-electron chi connectivity index (χ4n) is 1.61. The van der Waals surface area contributed by atoms with Gasteiger partial charge < -0.3 is 5.73 Å². The summed E-state index contributed by atoms with van der Waals surface area (Å²) in [7, 11) is -3.80. The number of benzene rings is 2. The maximum Gasteiger partial charge on any atom is 0.261 e. The van der Waals surface area contributed by atoms with Gasteiger partial charge in [0.05, 0.1) is 21.3 Å². The van der Waals surface area contributed by atoms with E-state index in [0.29, 0.717) is 5.02 Å². The lowest BCUT2D eigenvalue weighted by molar-refractivity contribution is 0.598. The second-order valence-electron chi connectivity index (χ2n) is 4.25. The van der Waals surface area contributed by atoms with E-state index in [4.69, 9.17) is 17.3 Å². The molecule has 0 bridgehead atoms. The lowest BCUT2D eigenvalue weighted by Gasteiger charge is -2.10. The molecule has 0 spiro atoms. The number of nitrogen functional groups attached to an aromatic ring is 1. The predicted octanol–water partition coefficient (Wildman–Crippen LogP) is 3.17. The Balaban J connectivity index is 2.35. The van der Waals surface area contributed by atoms with Crippen molar-refractivity contribution in [2.24, 2.45) is 0 Å². The van der Waals surface area contributed by atoms with Crippen molar-refractivity contribution in [3.05, 3.63) is 52.8 Å². The first kappa shape index (κ1) is 14.6. The van der Waals surface area contributed by atoms with Crippen LogP contribution in [0, 0.1) is 12.7 Å². The van der Waals surface area contributed by atoms with Crippen molar-refractivity contribution in [3.63, 3.8) is 0 Å². The molecule has 2 aromatic carbocycles. The first-order valence-electron chi connectivity index (χ1n) is 5.63. The third-order valence-electron chi connectivity index (χ3n) is 2.69. The van der Waals surface area contributed by atoms with Gasteiger partial charge in [0.15, 0.2) is 0 Å². The molecule has 106 valence electrons. The highest BCUT2D eigenvalue weighted by atomic mass is 35.5. The second-order valence-corrected chi connectivity index (χ2v) is 6.34. The fourth-order valence-corrected chi connectivity index (χ4v) is 2.86. The molecule has 0 radical (unpaired) electrons. The lowest BCUT2D eigenvalue weighted by atomic mass is 10.2. The van der Waals surface area contributed by atoms with E-state index < -0.39 is 15.8 Å². The smallest absolute Gasteiger partial charge is 0.261 e. The minimum atomic E-state index is -3.80. The summed E-state index contributed by atoms with van der Waals surface area (Å²) in [6.45, 7) is 1.49. The van der Waals surface area contributed by atoms with Crippen molar-refractivity contribution in [2.45, 2.75) is 11.8 Å². The van der Waals surface area contributed by atoms with Gasteiger partial charge in [-0.1, -0.05) is 11.6 Å². The van der Waals surface area contributed by atoms with Crippen LogP contribution in [0.4, 0.5) is 15.8 Å². The molecule has 0 unspecified atom stereocenters. The number of nitrogens with two attached hydrogens (primary N) is 1. The van der Waals surface area contributed by atoms with E-state index in [1.165, 1.54) is 37.3 Å². The van der Waals surface area contributed by atoms with Crippen molar-refractivity contribution in [1.82, 2.24) is 0 Å². The van der Waals surface area contributed by atoms with Crippen molar-refractivity contribution >= 4 is 33.0 Å². The molecule has 0 atom stereocenters. The zero-order chi connectivity index (χ0) is 14.9. The topological polar surface area (TPSA) is 72.2 Å². The van der Waals surface area contributed by atoms with Crippen LogP contribution in [0.1, 0.15) is 5.56 Å². The minimum absolute atomic E-state index is 0.0232. The summed E-state index contributed by atoms with van der Waals surface area (Å²) in [5.41, 5.74) is 6.41. The maximum absolute atomic E-state index is 13.2. The van der Waals surface area contributed by atoms with Crippen LogP contribution in [0.15, 0.2) is 41.3 Å². The molecule has 0 heterocycles. The Kier molecular flexibility index (Phi) is 3.87. The second kappa shape index (κ2) is 5.30. The van der Waals surface area contributed by atoms with Gasteiger partial charge >= 0.3 is 0 Å². The molecule has 0 aromatic heterocycles. The number of nitrogens with one attached hydrogen (secondary N) is 1. The Morgan fingerprint density at radius 2 is 1.90 bits per heavy atom. The molecule has 0 fully saturated rings. The molecule has 0 aliphatic rings. The minimum Gasteiger partial charge on any atom is -0.397 e.